The first-order chi connectivity index (χ1) is 16.8. The van der Waals surface area contributed by atoms with Crippen LogP contribution in [0.15, 0.2) is 30.5 Å². The van der Waals surface area contributed by atoms with E-state index in [4.69, 9.17) is 0 Å². The number of carbonyl (C=O) groups excluding carboxylic acids is 1. The summed E-state index contributed by atoms with van der Waals surface area (Å²) in [6, 6.07) is 8.16. The number of aromatic amines is 1. The van der Waals surface area contributed by atoms with Gasteiger partial charge < -0.3 is 10.3 Å². The Kier molecular flexibility index (Phi) is 6.27. The van der Waals surface area contributed by atoms with Crippen molar-refractivity contribution in [2.75, 3.05) is 26.7 Å². The topological polar surface area (TPSA) is 78.3 Å². The van der Waals surface area contributed by atoms with E-state index in [0.29, 0.717) is 29.5 Å². The van der Waals surface area contributed by atoms with Gasteiger partial charge in [-0.15, -0.1) is 0 Å². The molecule has 4 aromatic rings. The fourth-order valence-electron chi connectivity index (χ4n) is 5.23. The Morgan fingerprint density at radius 2 is 2.00 bits per heavy atom. The molecule has 184 valence electrons. The summed E-state index contributed by atoms with van der Waals surface area (Å²) in [6.07, 6.45) is 0.946. The van der Waals surface area contributed by atoms with E-state index in [9.17, 15) is 13.6 Å². The highest BCUT2D eigenvalue weighted by molar-refractivity contribution is 5.91. The van der Waals surface area contributed by atoms with Gasteiger partial charge in [-0.1, -0.05) is 6.07 Å². The average molecular weight is 481 g/mol. The van der Waals surface area contributed by atoms with Crippen LogP contribution in [0.5, 0.6) is 0 Å². The maximum absolute atomic E-state index is 13.7. The van der Waals surface area contributed by atoms with Gasteiger partial charge in [0.15, 0.2) is 5.65 Å². The third kappa shape index (κ3) is 4.65. The van der Waals surface area contributed by atoms with E-state index in [1.165, 1.54) is 0 Å². The number of pyridine rings is 1. The van der Waals surface area contributed by atoms with Crippen molar-refractivity contribution in [2.45, 2.75) is 45.5 Å². The fourth-order valence-corrected chi connectivity index (χ4v) is 5.23. The second-order valence-corrected chi connectivity index (χ2v) is 9.44. The number of hydrogen-bond acceptors (Lipinski definition) is 4. The number of amides is 1. The van der Waals surface area contributed by atoms with Gasteiger partial charge in [-0.3, -0.25) is 9.69 Å². The van der Waals surface area contributed by atoms with Crippen molar-refractivity contribution >= 4 is 22.5 Å². The summed E-state index contributed by atoms with van der Waals surface area (Å²) < 4.78 is 29.1. The molecule has 0 bridgehead atoms. The summed E-state index contributed by atoms with van der Waals surface area (Å²) in [7, 11) is 1.65. The summed E-state index contributed by atoms with van der Waals surface area (Å²) in [5.74, 6) is 1.03. The van der Waals surface area contributed by atoms with Gasteiger partial charge in [0.25, 0.3) is 0 Å². The lowest BCUT2D eigenvalue weighted by Gasteiger charge is -2.31. The van der Waals surface area contributed by atoms with E-state index in [2.05, 4.69) is 37.4 Å². The number of benzene rings is 1. The number of carbonyl (C=O) groups is 1. The van der Waals surface area contributed by atoms with Gasteiger partial charge in [-0.05, 0) is 80.6 Å². The number of aryl methyl sites for hydroxylation is 2. The summed E-state index contributed by atoms with van der Waals surface area (Å²) in [4.78, 5) is 21.7. The molecule has 4 heterocycles. The fraction of sp³-hybridized carbons (Fsp3) is 0.423. The third-order valence-corrected chi connectivity index (χ3v) is 7.01. The van der Waals surface area contributed by atoms with Gasteiger partial charge in [0.05, 0.1) is 12.2 Å². The first-order valence-electron chi connectivity index (χ1n) is 12.0. The predicted molar refractivity (Wildman–Crippen MR) is 132 cm³/mol. The Bertz CT molecular complexity index is 1380. The monoisotopic (exact) mass is 480 g/mol. The molecule has 5 rings (SSSR count). The Labute approximate surface area is 202 Å². The molecule has 0 unspecified atom stereocenters. The molecule has 1 saturated heterocycles. The standard InChI is InChI=1S/C26H30F2N6O/c1-15-10-19(13-34-26(15)30-16(2)32-34)25-21(12-23(27)28)20-11-18(4-5-22(20)31-25)17-6-8-33(9-7-17)14-24(35)29-3/h4-5,10-11,13,17,23,31H,6-9,12,14H2,1-3H3,(H,29,35). The molecule has 3 aromatic heterocycles. The van der Waals surface area contributed by atoms with Crippen LogP contribution in [0, 0.1) is 13.8 Å². The molecule has 1 aliphatic rings. The van der Waals surface area contributed by atoms with Gasteiger partial charge in [0.1, 0.15) is 5.82 Å². The van der Waals surface area contributed by atoms with Crippen molar-refractivity contribution in [3.05, 3.63) is 53.0 Å². The summed E-state index contributed by atoms with van der Waals surface area (Å²) in [6.45, 7) is 5.89. The molecule has 1 fully saturated rings. The Morgan fingerprint density at radius 3 is 2.71 bits per heavy atom. The van der Waals surface area contributed by atoms with Crippen LogP contribution in [0.3, 0.4) is 0 Å². The molecule has 2 N–H and O–H groups in total. The Balaban J connectivity index is 1.50. The lowest BCUT2D eigenvalue weighted by atomic mass is 9.88. The van der Waals surface area contributed by atoms with Crippen molar-refractivity contribution in [3.8, 4) is 11.3 Å². The van der Waals surface area contributed by atoms with Crippen molar-refractivity contribution in [3.63, 3.8) is 0 Å². The van der Waals surface area contributed by atoms with Crippen LogP contribution < -0.4 is 5.32 Å². The van der Waals surface area contributed by atoms with Crippen LogP contribution in [0.1, 0.15) is 41.3 Å². The highest BCUT2D eigenvalue weighted by atomic mass is 19.3. The molecule has 1 aliphatic heterocycles. The van der Waals surface area contributed by atoms with Crippen LogP contribution in [-0.4, -0.2) is 63.5 Å². The van der Waals surface area contributed by atoms with Gasteiger partial charge in [-0.25, -0.2) is 18.3 Å². The normalized spacial score (nSPS) is 15.5. The molecular formula is C26H30F2N6O. The molecule has 1 aromatic carbocycles. The van der Waals surface area contributed by atoms with Crippen molar-refractivity contribution in [1.29, 1.82) is 0 Å². The lowest BCUT2D eigenvalue weighted by molar-refractivity contribution is -0.122. The van der Waals surface area contributed by atoms with Crippen LogP contribution in [-0.2, 0) is 11.2 Å². The molecule has 9 heteroatoms. The molecule has 7 nitrogen and oxygen atoms in total. The van der Waals surface area contributed by atoms with Gasteiger partial charge in [0, 0.05) is 36.1 Å². The number of H-pyrrole nitrogens is 1. The minimum Gasteiger partial charge on any atom is -0.358 e. The minimum atomic E-state index is -2.46. The molecule has 0 atom stereocenters. The maximum Gasteiger partial charge on any atom is 0.242 e. The highest BCUT2D eigenvalue weighted by Gasteiger charge is 2.24. The number of alkyl halides is 2. The number of likely N-dealkylation sites (tertiary alicyclic amines) is 1. The van der Waals surface area contributed by atoms with Crippen LogP contribution in [0.2, 0.25) is 0 Å². The molecule has 0 radical (unpaired) electrons. The smallest absolute Gasteiger partial charge is 0.242 e. The maximum atomic E-state index is 13.7. The van der Waals surface area contributed by atoms with E-state index < -0.39 is 6.43 Å². The molecule has 1 amide bonds. The van der Waals surface area contributed by atoms with Gasteiger partial charge >= 0.3 is 0 Å². The number of nitrogens with zero attached hydrogens (tertiary/aromatic N) is 4. The zero-order valence-corrected chi connectivity index (χ0v) is 20.2. The number of nitrogens with one attached hydrogen (secondary N) is 2. The van der Waals surface area contributed by atoms with E-state index in [0.717, 1.165) is 59.2 Å². The number of likely N-dealkylation sites (N-methyl/N-ethyl adjacent to an activating group) is 1. The predicted octanol–water partition coefficient (Wildman–Crippen LogP) is 4.23. The zero-order chi connectivity index (χ0) is 24.7. The quantitative estimate of drug-likeness (QED) is 0.433. The number of rotatable bonds is 6. The summed E-state index contributed by atoms with van der Waals surface area (Å²) in [5, 5.41) is 7.94. The number of halogens is 2. The largest absolute Gasteiger partial charge is 0.358 e. The SMILES string of the molecule is CNC(=O)CN1CCC(c2ccc3[nH]c(-c4cc(C)c5nc(C)nn5c4)c(CC(F)F)c3c2)CC1. The number of fused-ring (bicyclic) bond motifs is 2. The van der Waals surface area contributed by atoms with E-state index in [-0.39, 0.29) is 12.3 Å². The Morgan fingerprint density at radius 1 is 1.23 bits per heavy atom. The van der Waals surface area contributed by atoms with E-state index >= 15 is 0 Å². The van der Waals surface area contributed by atoms with Crippen molar-refractivity contribution in [1.82, 2.24) is 29.8 Å². The van der Waals surface area contributed by atoms with Crippen molar-refractivity contribution < 1.29 is 13.6 Å². The third-order valence-electron chi connectivity index (χ3n) is 7.01. The molecule has 35 heavy (non-hydrogen) atoms. The first-order valence-corrected chi connectivity index (χ1v) is 12.0. The molecule has 0 saturated carbocycles. The van der Waals surface area contributed by atoms with E-state index in [1.54, 1.807) is 11.6 Å². The van der Waals surface area contributed by atoms with Gasteiger partial charge in [0.2, 0.25) is 12.3 Å². The zero-order valence-electron chi connectivity index (χ0n) is 20.2. The summed E-state index contributed by atoms with van der Waals surface area (Å²) in [5.41, 5.74) is 5.87. The molecule has 0 aliphatic carbocycles. The second kappa shape index (κ2) is 9.37. The highest BCUT2D eigenvalue weighted by Crippen LogP contribution is 2.36. The van der Waals surface area contributed by atoms with Gasteiger partial charge in [-0.2, -0.15) is 5.10 Å². The number of hydrogen-bond donors (Lipinski definition) is 2. The number of aromatic nitrogens is 4. The van der Waals surface area contributed by atoms with Crippen LogP contribution >= 0.6 is 0 Å². The van der Waals surface area contributed by atoms with Crippen molar-refractivity contribution in [2.24, 2.45) is 0 Å². The second-order valence-electron chi connectivity index (χ2n) is 9.44. The summed E-state index contributed by atoms with van der Waals surface area (Å²) >= 11 is 0. The first kappa shape index (κ1) is 23.4. The van der Waals surface area contributed by atoms with E-state index in [1.807, 2.05) is 32.2 Å². The molecular weight excluding hydrogens is 450 g/mol. The lowest BCUT2D eigenvalue weighted by Crippen LogP contribution is -2.40. The average Bonchev–Trinajstić information content (AvgIpc) is 3.39. The molecule has 0 spiro atoms. The Hall–Kier alpha value is -3.33. The minimum absolute atomic E-state index is 0.0239. The van der Waals surface area contributed by atoms with Crippen LogP contribution in [0.4, 0.5) is 8.78 Å². The van der Waals surface area contributed by atoms with Crippen LogP contribution in [0.25, 0.3) is 27.8 Å². The number of piperidine rings is 1.